The second kappa shape index (κ2) is 7.59. The van der Waals surface area contributed by atoms with Gasteiger partial charge in [-0.15, -0.1) is 0 Å². The highest BCUT2D eigenvalue weighted by molar-refractivity contribution is 5.98. The molecule has 1 aliphatic heterocycles. The third kappa shape index (κ3) is 3.70. The fourth-order valence-corrected chi connectivity index (χ4v) is 4.23. The number of hydrogen-bond acceptors (Lipinski definition) is 4. The first kappa shape index (κ1) is 18.9. The SMILES string of the molecule is CC1CC1C(=O)Nc1cccc(C(=O)N2CCC(c3nc4ccccc4o3)CC2)c1. The topological polar surface area (TPSA) is 75.4 Å². The Morgan fingerprint density at radius 3 is 2.60 bits per heavy atom. The summed E-state index contributed by atoms with van der Waals surface area (Å²) in [6.45, 7) is 3.41. The molecule has 2 heterocycles. The van der Waals surface area contributed by atoms with E-state index in [-0.39, 0.29) is 23.7 Å². The minimum absolute atomic E-state index is 0.00176. The Kier molecular flexibility index (Phi) is 4.77. The molecular formula is C24H25N3O3. The number of piperidine rings is 1. The van der Waals surface area contributed by atoms with E-state index in [1.165, 1.54) is 0 Å². The number of hydrogen-bond donors (Lipinski definition) is 1. The van der Waals surface area contributed by atoms with E-state index >= 15 is 0 Å². The predicted molar refractivity (Wildman–Crippen MR) is 114 cm³/mol. The lowest BCUT2D eigenvalue weighted by atomic mass is 9.96. The highest BCUT2D eigenvalue weighted by Gasteiger charge is 2.39. The Hall–Kier alpha value is -3.15. The number of benzene rings is 2. The number of nitrogens with zero attached hydrogens (tertiary/aromatic N) is 2. The lowest BCUT2D eigenvalue weighted by Crippen LogP contribution is -2.38. The van der Waals surface area contributed by atoms with E-state index in [0.29, 0.717) is 30.3 Å². The van der Waals surface area contributed by atoms with Crippen molar-refractivity contribution < 1.29 is 14.0 Å². The van der Waals surface area contributed by atoms with Crippen LogP contribution >= 0.6 is 0 Å². The predicted octanol–water partition coefficient (Wildman–Crippen LogP) is 4.44. The number of nitrogens with one attached hydrogen (secondary N) is 1. The fraction of sp³-hybridized carbons (Fsp3) is 0.375. The summed E-state index contributed by atoms with van der Waals surface area (Å²) in [5.41, 5.74) is 2.99. The first-order chi connectivity index (χ1) is 14.6. The molecule has 30 heavy (non-hydrogen) atoms. The molecule has 0 radical (unpaired) electrons. The second-order valence-electron chi connectivity index (χ2n) is 8.48. The van der Waals surface area contributed by atoms with Crippen molar-refractivity contribution in [3.63, 3.8) is 0 Å². The van der Waals surface area contributed by atoms with Crippen molar-refractivity contribution in [1.82, 2.24) is 9.88 Å². The second-order valence-corrected chi connectivity index (χ2v) is 8.48. The molecule has 1 N–H and O–H groups in total. The zero-order chi connectivity index (χ0) is 20.7. The van der Waals surface area contributed by atoms with E-state index in [9.17, 15) is 9.59 Å². The maximum Gasteiger partial charge on any atom is 0.253 e. The van der Waals surface area contributed by atoms with Crippen molar-refractivity contribution in [2.45, 2.75) is 32.1 Å². The van der Waals surface area contributed by atoms with E-state index in [2.05, 4.69) is 17.2 Å². The largest absolute Gasteiger partial charge is 0.440 e. The van der Waals surface area contributed by atoms with Crippen LogP contribution in [0, 0.1) is 11.8 Å². The van der Waals surface area contributed by atoms with Gasteiger partial charge in [-0.3, -0.25) is 9.59 Å². The molecule has 3 aromatic rings. The van der Waals surface area contributed by atoms with Crippen molar-refractivity contribution in [2.24, 2.45) is 11.8 Å². The number of para-hydroxylation sites is 2. The molecule has 1 aromatic heterocycles. The Morgan fingerprint density at radius 2 is 1.87 bits per heavy atom. The lowest BCUT2D eigenvalue weighted by Gasteiger charge is -2.30. The summed E-state index contributed by atoms with van der Waals surface area (Å²) in [6, 6.07) is 15.0. The molecule has 5 rings (SSSR count). The zero-order valence-corrected chi connectivity index (χ0v) is 17.0. The van der Waals surface area contributed by atoms with Gasteiger partial charge in [0.05, 0.1) is 0 Å². The van der Waals surface area contributed by atoms with Crippen molar-refractivity contribution in [1.29, 1.82) is 0 Å². The molecule has 0 spiro atoms. The van der Waals surface area contributed by atoms with Gasteiger partial charge in [-0.05, 0) is 55.5 Å². The van der Waals surface area contributed by atoms with Gasteiger partial charge in [-0.25, -0.2) is 4.98 Å². The number of oxazole rings is 1. The molecule has 0 bridgehead atoms. The van der Waals surface area contributed by atoms with Gasteiger partial charge in [0.15, 0.2) is 11.5 Å². The standard InChI is InChI=1S/C24H25N3O3/c1-15-13-19(15)22(28)25-18-6-4-5-17(14-18)24(29)27-11-9-16(10-12-27)23-26-20-7-2-3-8-21(20)30-23/h2-8,14-16,19H,9-13H2,1H3,(H,25,28). The van der Waals surface area contributed by atoms with Crippen LogP contribution in [0.4, 0.5) is 5.69 Å². The van der Waals surface area contributed by atoms with Crippen LogP contribution in [0.1, 0.15) is 48.4 Å². The molecule has 2 fully saturated rings. The van der Waals surface area contributed by atoms with Crippen LogP contribution in [0.3, 0.4) is 0 Å². The fourth-order valence-electron chi connectivity index (χ4n) is 4.23. The number of likely N-dealkylation sites (tertiary alicyclic amines) is 1. The van der Waals surface area contributed by atoms with Crippen LogP contribution < -0.4 is 5.32 Å². The van der Waals surface area contributed by atoms with E-state index in [4.69, 9.17) is 4.42 Å². The Morgan fingerprint density at radius 1 is 1.10 bits per heavy atom. The summed E-state index contributed by atoms with van der Waals surface area (Å²) in [6.07, 6.45) is 2.60. The zero-order valence-electron chi connectivity index (χ0n) is 17.0. The summed E-state index contributed by atoms with van der Waals surface area (Å²) in [5.74, 6) is 1.61. The molecule has 1 saturated carbocycles. The number of rotatable bonds is 4. The van der Waals surface area contributed by atoms with Crippen LogP contribution in [0.25, 0.3) is 11.1 Å². The van der Waals surface area contributed by atoms with Crippen molar-refractivity contribution in [3.8, 4) is 0 Å². The quantitative estimate of drug-likeness (QED) is 0.699. The smallest absolute Gasteiger partial charge is 0.253 e. The van der Waals surface area contributed by atoms with Gasteiger partial charge in [0, 0.05) is 36.2 Å². The third-order valence-electron chi connectivity index (χ3n) is 6.27. The molecular weight excluding hydrogens is 378 g/mol. The summed E-state index contributed by atoms with van der Waals surface area (Å²) in [4.78, 5) is 31.7. The van der Waals surface area contributed by atoms with Crippen molar-refractivity contribution >= 4 is 28.6 Å². The number of anilines is 1. The highest BCUT2D eigenvalue weighted by Crippen LogP contribution is 2.38. The number of carbonyl (C=O) groups excluding carboxylic acids is 2. The lowest BCUT2D eigenvalue weighted by molar-refractivity contribution is -0.117. The molecule has 2 atom stereocenters. The summed E-state index contributed by atoms with van der Waals surface area (Å²) < 4.78 is 5.92. The van der Waals surface area contributed by atoms with Crippen LogP contribution in [0.2, 0.25) is 0 Å². The maximum absolute atomic E-state index is 13.0. The van der Waals surface area contributed by atoms with E-state index in [0.717, 1.165) is 36.3 Å². The number of amides is 2. The molecule has 2 amide bonds. The minimum atomic E-state index is 0.00176. The third-order valence-corrected chi connectivity index (χ3v) is 6.27. The van der Waals surface area contributed by atoms with Gasteiger partial charge in [0.25, 0.3) is 5.91 Å². The molecule has 1 aliphatic carbocycles. The Bertz CT molecular complexity index is 1060. The highest BCUT2D eigenvalue weighted by atomic mass is 16.3. The van der Waals surface area contributed by atoms with Crippen LogP contribution in [-0.4, -0.2) is 34.8 Å². The number of aromatic nitrogens is 1. The first-order valence-electron chi connectivity index (χ1n) is 10.6. The van der Waals surface area contributed by atoms with E-state index in [1.807, 2.05) is 47.4 Å². The maximum atomic E-state index is 13.0. The molecule has 6 heteroatoms. The molecule has 154 valence electrons. The molecule has 2 aliphatic rings. The van der Waals surface area contributed by atoms with Gasteiger partial charge in [0.2, 0.25) is 5.91 Å². The number of fused-ring (bicyclic) bond motifs is 1. The average Bonchev–Trinajstić information content (AvgIpc) is 3.35. The van der Waals surface area contributed by atoms with Crippen LogP contribution in [0.5, 0.6) is 0 Å². The van der Waals surface area contributed by atoms with E-state index in [1.54, 1.807) is 6.07 Å². The Labute approximate surface area is 175 Å². The number of carbonyl (C=O) groups is 2. The van der Waals surface area contributed by atoms with Gasteiger partial charge in [0.1, 0.15) is 5.52 Å². The normalized spacial score (nSPS) is 21.6. The van der Waals surface area contributed by atoms with Crippen LogP contribution in [0.15, 0.2) is 52.9 Å². The molecule has 2 unspecified atom stereocenters. The van der Waals surface area contributed by atoms with Gasteiger partial charge < -0.3 is 14.6 Å². The van der Waals surface area contributed by atoms with Gasteiger partial charge >= 0.3 is 0 Å². The Balaban J connectivity index is 1.22. The van der Waals surface area contributed by atoms with Crippen molar-refractivity contribution in [2.75, 3.05) is 18.4 Å². The summed E-state index contributed by atoms with van der Waals surface area (Å²) in [7, 11) is 0. The van der Waals surface area contributed by atoms with E-state index < -0.39 is 0 Å². The summed E-state index contributed by atoms with van der Waals surface area (Å²) in [5, 5.41) is 2.94. The van der Waals surface area contributed by atoms with Gasteiger partial charge in [-0.2, -0.15) is 0 Å². The van der Waals surface area contributed by atoms with Crippen molar-refractivity contribution in [3.05, 3.63) is 60.0 Å². The van der Waals surface area contributed by atoms with Crippen LogP contribution in [-0.2, 0) is 4.79 Å². The molecule has 1 saturated heterocycles. The minimum Gasteiger partial charge on any atom is -0.440 e. The molecule has 2 aromatic carbocycles. The monoisotopic (exact) mass is 403 g/mol. The van der Waals surface area contributed by atoms with Gasteiger partial charge in [-0.1, -0.05) is 25.1 Å². The average molecular weight is 403 g/mol. The first-order valence-corrected chi connectivity index (χ1v) is 10.6. The molecule has 6 nitrogen and oxygen atoms in total. The summed E-state index contributed by atoms with van der Waals surface area (Å²) >= 11 is 0.